The Morgan fingerprint density at radius 2 is 1.79 bits per heavy atom. The average Bonchev–Trinajstić information content (AvgIpc) is 2.90. The van der Waals surface area contributed by atoms with Crippen molar-refractivity contribution in [1.29, 1.82) is 0 Å². The highest BCUT2D eigenvalue weighted by molar-refractivity contribution is 7.90. The summed E-state index contributed by atoms with van der Waals surface area (Å²) in [4.78, 5) is 3.10. The van der Waals surface area contributed by atoms with Gasteiger partial charge in [-0.25, -0.2) is 8.42 Å². The fourth-order valence-electron chi connectivity index (χ4n) is 2.77. The van der Waals surface area contributed by atoms with E-state index in [9.17, 15) is 13.5 Å². The first-order valence-electron chi connectivity index (χ1n) is 7.18. The van der Waals surface area contributed by atoms with Crippen molar-refractivity contribution >= 4 is 43.9 Å². The van der Waals surface area contributed by atoms with Crippen LogP contribution < -0.4 is 0 Å². The molecule has 1 atom stereocenters. The first-order chi connectivity index (χ1) is 11.3. The van der Waals surface area contributed by atoms with Gasteiger partial charge in [0.15, 0.2) is 0 Å². The summed E-state index contributed by atoms with van der Waals surface area (Å²) in [5.74, 6) is -0.384. The van der Waals surface area contributed by atoms with Gasteiger partial charge in [-0.15, -0.1) is 0 Å². The van der Waals surface area contributed by atoms with Crippen molar-refractivity contribution in [2.24, 2.45) is 0 Å². The standard InChI is InChI=1S/C17H15Cl2NO3S/c1-24(22,23)9-13(21)17-14(10-5-3-2-4-6-10)15-12(20-17)8-7-11(18)16(15)19/h2-8,13,20-21H,9H2,1H3. The summed E-state index contributed by atoms with van der Waals surface area (Å²) in [6.45, 7) is 0. The number of aliphatic hydroxyl groups is 1. The number of fused-ring (bicyclic) bond motifs is 1. The van der Waals surface area contributed by atoms with Gasteiger partial charge < -0.3 is 10.1 Å². The second kappa shape index (κ2) is 6.41. The first kappa shape index (κ1) is 17.3. The van der Waals surface area contributed by atoms with Gasteiger partial charge in [-0.1, -0.05) is 53.5 Å². The topological polar surface area (TPSA) is 70.2 Å². The Hall–Kier alpha value is -1.53. The molecule has 0 fully saturated rings. The Morgan fingerprint density at radius 1 is 1.12 bits per heavy atom. The van der Waals surface area contributed by atoms with E-state index in [1.165, 1.54) is 0 Å². The third-order valence-corrected chi connectivity index (χ3v) is 5.47. The molecule has 1 aromatic heterocycles. The SMILES string of the molecule is CS(=O)(=O)CC(O)c1[nH]c2ccc(Cl)c(Cl)c2c1-c1ccccc1. The lowest BCUT2D eigenvalue weighted by molar-refractivity contribution is 0.198. The zero-order chi connectivity index (χ0) is 17.5. The molecule has 0 saturated heterocycles. The predicted molar refractivity (Wildman–Crippen MR) is 98.4 cm³/mol. The number of nitrogens with one attached hydrogen (secondary N) is 1. The van der Waals surface area contributed by atoms with Crippen LogP contribution >= 0.6 is 23.2 Å². The minimum absolute atomic E-state index is 0.363. The maximum atomic E-state index is 11.6. The second-order valence-corrected chi connectivity index (χ2v) is 8.64. The van der Waals surface area contributed by atoms with Crippen LogP contribution in [0.5, 0.6) is 0 Å². The Bertz CT molecular complexity index is 998. The molecule has 0 radical (unpaired) electrons. The maximum absolute atomic E-state index is 11.6. The lowest BCUT2D eigenvalue weighted by atomic mass is 10.00. The smallest absolute Gasteiger partial charge is 0.150 e. The highest BCUT2D eigenvalue weighted by Gasteiger charge is 2.24. The van der Waals surface area contributed by atoms with Crippen LogP contribution in [0.4, 0.5) is 0 Å². The van der Waals surface area contributed by atoms with Crippen molar-refractivity contribution in [3.05, 3.63) is 58.2 Å². The number of aliphatic hydroxyl groups excluding tert-OH is 1. The average molecular weight is 384 g/mol. The van der Waals surface area contributed by atoms with Crippen LogP contribution in [0.15, 0.2) is 42.5 Å². The van der Waals surface area contributed by atoms with Gasteiger partial charge in [0.05, 0.1) is 21.5 Å². The number of H-pyrrole nitrogens is 1. The molecule has 7 heteroatoms. The molecule has 126 valence electrons. The van der Waals surface area contributed by atoms with Crippen LogP contribution in [0.1, 0.15) is 11.8 Å². The number of sulfone groups is 1. The fourth-order valence-corrected chi connectivity index (χ4v) is 3.92. The second-order valence-electron chi connectivity index (χ2n) is 5.67. The van der Waals surface area contributed by atoms with Gasteiger partial charge in [-0.3, -0.25) is 0 Å². The van der Waals surface area contributed by atoms with Gasteiger partial charge in [0, 0.05) is 22.7 Å². The number of hydrogen-bond acceptors (Lipinski definition) is 3. The summed E-state index contributed by atoms with van der Waals surface area (Å²) in [6, 6.07) is 12.8. The van der Waals surface area contributed by atoms with Gasteiger partial charge in [-0.05, 0) is 17.7 Å². The van der Waals surface area contributed by atoms with E-state index in [4.69, 9.17) is 23.2 Å². The largest absolute Gasteiger partial charge is 0.386 e. The molecule has 0 saturated carbocycles. The maximum Gasteiger partial charge on any atom is 0.150 e. The van der Waals surface area contributed by atoms with Crippen LogP contribution in [-0.2, 0) is 9.84 Å². The lowest BCUT2D eigenvalue weighted by Crippen LogP contribution is -2.13. The molecule has 1 unspecified atom stereocenters. The summed E-state index contributed by atoms with van der Waals surface area (Å²) in [5.41, 5.74) is 2.57. The van der Waals surface area contributed by atoms with Crippen molar-refractivity contribution in [3.63, 3.8) is 0 Å². The van der Waals surface area contributed by atoms with E-state index in [0.717, 1.165) is 11.8 Å². The molecular weight excluding hydrogens is 369 g/mol. The summed E-state index contributed by atoms with van der Waals surface area (Å²) >= 11 is 12.5. The highest BCUT2D eigenvalue weighted by atomic mass is 35.5. The Kier molecular flexibility index (Phi) is 4.62. The normalized spacial score (nSPS) is 13.3. The van der Waals surface area contributed by atoms with Crippen molar-refractivity contribution in [1.82, 2.24) is 4.98 Å². The van der Waals surface area contributed by atoms with Crippen molar-refractivity contribution < 1.29 is 13.5 Å². The van der Waals surface area contributed by atoms with Crippen molar-refractivity contribution in [2.75, 3.05) is 12.0 Å². The molecule has 24 heavy (non-hydrogen) atoms. The number of rotatable bonds is 4. The molecule has 0 aliphatic heterocycles. The van der Waals surface area contributed by atoms with Crippen LogP contribution in [0.25, 0.3) is 22.0 Å². The van der Waals surface area contributed by atoms with E-state index in [0.29, 0.717) is 32.2 Å². The molecule has 2 N–H and O–H groups in total. The quantitative estimate of drug-likeness (QED) is 0.708. The third kappa shape index (κ3) is 3.30. The highest BCUT2D eigenvalue weighted by Crippen LogP contribution is 2.41. The Labute approximate surface area is 150 Å². The number of aromatic amines is 1. The van der Waals surface area contributed by atoms with Crippen LogP contribution in [-0.4, -0.2) is 30.5 Å². The molecule has 0 bridgehead atoms. The molecule has 0 aliphatic rings. The summed E-state index contributed by atoms with van der Waals surface area (Å²) in [5, 5.41) is 11.9. The van der Waals surface area contributed by atoms with Gasteiger partial charge in [0.2, 0.25) is 0 Å². The first-order valence-corrected chi connectivity index (χ1v) is 10.0. The number of aromatic nitrogens is 1. The molecular formula is C17H15Cl2NO3S. The van der Waals surface area contributed by atoms with Crippen molar-refractivity contribution in [3.8, 4) is 11.1 Å². The molecule has 0 spiro atoms. The third-order valence-electron chi connectivity index (χ3n) is 3.74. The van der Waals surface area contributed by atoms with Gasteiger partial charge in [-0.2, -0.15) is 0 Å². The molecule has 4 nitrogen and oxygen atoms in total. The van der Waals surface area contributed by atoms with Gasteiger partial charge in [0.25, 0.3) is 0 Å². The molecule has 0 amide bonds. The van der Waals surface area contributed by atoms with E-state index >= 15 is 0 Å². The summed E-state index contributed by atoms with van der Waals surface area (Å²) in [7, 11) is -3.36. The zero-order valence-corrected chi connectivity index (χ0v) is 15.1. The van der Waals surface area contributed by atoms with Gasteiger partial charge >= 0.3 is 0 Å². The molecule has 3 rings (SSSR count). The predicted octanol–water partition coefficient (Wildman–Crippen LogP) is 4.22. The van der Waals surface area contributed by atoms with E-state index in [1.54, 1.807) is 12.1 Å². The van der Waals surface area contributed by atoms with Crippen molar-refractivity contribution in [2.45, 2.75) is 6.10 Å². The van der Waals surface area contributed by atoms with Crippen LogP contribution in [0, 0.1) is 0 Å². The van der Waals surface area contributed by atoms with Crippen LogP contribution in [0.2, 0.25) is 10.0 Å². The van der Waals surface area contributed by atoms with E-state index in [1.807, 2.05) is 30.3 Å². The zero-order valence-electron chi connectivity index (χ0n) is 12.8. The van der Waals surface area contributed by atoms with E-state index in [-0.39, 0.29) is 5.75 Å². The molecule has 0 aliphatic carbocycles. The molecule has 3 aromatic rings. The minimum Gasteiger partial charge on any atom is -0.386 e. The summed E-state index contributed by atoms with van der Waals surface area (Å²) < 4.78 is 23.2. The summed E-state index contributed by atoms with van der Waals surface area (Å²) in [6.07, 6.45) is -0.109. The number of benzene rings is 2. The van der Waals surface area contributed by atoms with Crippen LogP contribution in [0.3, 0.4) is 0 Å². The Morgan fingerprint density at radius 3 is 2.42 bits per heavy atom. The van der Waals surface area contributed by atoms with E-state index < -0.39 is 15.9 Å². The van der Waals surface area contributed by atoms with Gasteiger partial charge in [0.1, 0.15) is 15.9 Å². The van der Waals surface area contributed by atoms with E-state index in [2.05, 4.69) is 4.98 Å². The fraction of sp³-hybridized carbons (Fsp3) is 0.176. The lowest BCUT2D eigenvalue weighted by Gasteiger charge is -2.12. The Balaban J connectivity index is 2.31. The molecule has 2 aromatic carbocycles. The molecule has 1 heterocycles. The monoisotopic (exact) mass is 383 g/mol. The minimum atomic E-state index is -3.36. The number of halogens is 2. The number of hydrogen-bond donors (Lipinski definition) is 2.